The third kappa shape index (κ3) is 3.45. The van der Waals surface area contributed by atoms with Gasteiger partial charge in [-0.2, -0.15) is 0 Å². The van der Waals surface area contributed by atoms with Crippen LogP contribution in [-0.2, 0) is 0 Å². The average molecular weight is 272 g/mol. The monoisotopic (exact) mass is 272 g/mol. The number of hydrogen-bond donors (Lipinski definition) is 2. The second kappa shape index (κ2) is 6.34. The molecular weight excluding hydrogens is 252 g/mol. The number of amides is 1. The van der Waals surface area contributed by atoms with Crippen LogP contribution in [-0.4, -0.2) is 43.0 Å². The summed E-state index contributed by atoms with van der Waals surface area (Å²) in [6.45, 7) is 1.59. The number of rotatable bonds is 5. The van der Waals surface area contributed by atoms with Gasteiger partial charge in [0, 0.05) is 11.9 Å². The maximum absolute atomic E-state index is 12.2. The molecule has 1 heterocycles. The first-order valence-corrected chi connectivity index (χ1v) is 6.66. The van der Waals surface area contributed by atoms with E-state index in [1.54, 1.807) is 6.07 Å². The number of pyridine rings is 1. The van der Waals surface area contributed by atoms with Crippen LogP contribution in [0.25, 0.3) is 10.9 Å². The van der Waals surface area contributed by atoms with Gasteiger partial charge in [-0.25, -0.2) is 4.98 Å². The Morgan fingerprint density at radius 2 is 2.10 bits per heavy atom. The van der Waals surface area contributed by atoms with E-state index in [2.05, 4.69) is 15.2 Å². The number of anilines is 1. The van der Waals surface area contributed by atoms with Gasteiger partial charge in [0.2, 0.25) is 0 Å². The van der Waals surface area contributed by atoms with Crippen molar-refractivity contribution in [2.45, 2.75) is 6.42 Å². The molecule has 0 fully saturated rings. The maximum atomic E-state index is 12.2. The standard InChI is InChI=1S/C15H20N4O/c1-19(2)9-5-8-17-15(20)12-10-14(16)18-13-7-4-3-6-11(12)13/h3-4,6-7,10H,5,8-9H2,1-2H3,(H2,16,18)(H,17,20). The lowest BCUT2D eigenvalue weighted by atomic mass is 10.1. The molecule has 0 radical (unpaired) electrons. The first kappa shape index (κ1) is 14.3. The molecule has 5 heteroatoms. The zero-order valence-corrected chi connectivity index (χ0v) is 11.9. The molecule has 0 saturated heterocycles. The number of nitrogens with one attached hydrogen (secondary N) is 1. The Labute approximate surface area is 118 Å². The van der Waals surface area contributed by atoms with Crippen LogP contribution in [0.2, 0.25) is 0 Å². The normalized spacial score (nSPS) is 10.9. The summed E-state index contributed by atoms with van der Waals surface area (Å²) in [7, 11) is 4.03. The lowest BCUT2D eigenvalue weighted by Crippen LogP contribution is -2.27. The van der Waals surface area contributed by atoms with Gasteiger partial charge >= 0.3 is 0 Å². The van der Waals surface area contributed by atoms with Crippen LogP contribution < -0.4 is 11.1 Å². The third-order valence-corrected chi connectivity index (χ3v) is 3.05. The maximum Gasteiger partial charge on any atom is 0.252 e. The number of carbonyl (C=O) groups excluding carboxylic acids is 1. The Balaban J connectivity index is 2.13. The van der Waals surface area contributed by atoms with Crippen LogP contribution in [0.1, 0.15) is 16.8 Å². The van der Waals surface area contributed by atoms with E-state index in [4.69, 9.17) is 5.73 Å². The van der Waals surface area contributed by atoms with Gasteiger partial charge in [0.25, 0.3) is 5.91 Å². The molecule has 0 spiro atoms. The molecule has 1 aromatic heterocycles. The molecule has 2 aromatic rings. The fourth-order valence-corrected chi connectivity index (χ4v) is 2.08. The number of hydrogen-bond acceptors (Lipinski definition) is 4. The fraction of sp³-hybridized carbons (Fsp3) is 0.333. The molecule has 106 valence electrons. The number of nitrogen functional groups attached to an aromatic ring is 1. The van der Waals surface area contributed by atoms with E-state index < -0.39 is 0 Å². The Morgan fingerprint density at radius 3 is 2.85 bits per heavy atom. The van der Waals surface area contributed by atoms with Gasteiger partial charge in [-0.05, 0) is 39.2 Å². The van der Waals surface area contributed by atoms with Gasteiger partial charge in [-0.1, -0.05) is 18.2 Å². The Hall–Kier alpha value is -2.14. The van der Waals surface area contributed by atoms with Crippen molar-refractivity contribution < 1.29 is 4.79 Å². The van der Waals surface area contributed by atoms with Gasteiger partial charge < -0.3 is 16.0 Å². The lowest BCUT2D eigenvalue weighted by Gasteiger charge is -2.11. The number of nitrogens with two attached hydrogens (primary N) is 1. The highest BCUT2D eigenvalue weighted by Gasteiger charge is 2.11. The van der Waals surface area contributed by atoms with Crippen molar-refractivity contribution in [3.8, 4) is 0 Å². The second-order valence-corrected chi connectivity index (χ2v) is 5.02. The number of fused-ring (bicyclic) bond motifs is 1. The van der Waals surface area contributed by atoms with Crippen LogP contribution in [0.15, 0.2) is 30.3 Å². The quantitative estimate of drug-likeness (QED) is 0.809. The van der Waals surface area contributed by atoms with Crippen molar-refractivity contribution in [1.82, 2.24) is 15.2 Å². The summed E-state index contributed by atoms with van der Waals surface area (Å²) in [4.78, 5) is 18.6. The van der Waals surface area contributed by atoms with Crippen molar-refractivity contribution in [3.05, 3.63) is 35.9 Å². The van der Waals surface area contributed by atoms with E-state index >= 15 is 0 Å². The highest BCUT2D eigenvalue weighted by atomic mass is 16.1. The molecule has 0 bridgehead atoms. The van der Waals surface area contributed by atoms with Gasteiger partial charge in [-0.3, -0.25) is 4.79 Å². The van der Waals surface area contributed by atoms with Crippen LogP contribution in [0.4, 0.5) is 5.82 Å². The van der Waals surface area contributed by atoms with E-state index in [9.17, 15) is 4.79 Å². The van der Waals surface area contributed by atoms with Crippen LogP contribution in [0.5, 0.6) is 0 Å². The molecule has 0 aliphatic heterocycles. The molecule has 0 aliphatic rings. The van der Waals surface area contributed by atoms with E-state index in [1.807, 2.05) is 38.4 Å². The van der Waals surface area contributed by atoms with E-state index in [0.717, 1.165) is 23.9 Å². The Morgan fingerprint density at radius 1 is 1.35 bits per heavy atom. The van der Waals surface area contributed by atoms with E-state index in [1.165, 1.54) is 0 Å². The molecule has 0 unspecified atom stereocenters. The number of benzene rings is 1. The third-order valence-electron chi connectivity index (χ3n) is 3.05. The molecule has 3 N–H and O–H groups in total. The van der Waals surface area contributed by atoms with Crippen LogP contribution in [0, 0.1) is 0 Å². The van der Waals surface area contributed by atoms with Crippen molar-refractivity contribution in [2.75, 3.05) is 32.9 Å². The molecule has 0 aliphatic carbocycles. The highest BCUT2D eigenvalue weighted by Crippen LogP contribution is 2.19. The lowest BCUT2D eigenvalue weighted by molar-refractivity contribution is 0.0954. The summed E-state index contributed by atoms with van der Waals surface area (Å²) >= 11 is 0. The number of aromatic nitrogens is 1. The average Bonchev–Trinajstić information content (AvgIpc) is 2.42. The molecule has 5 nitrogen and oxygen atoms in total. The molecule has 0 atom stereocenters. The molecule has 2 rings (SSSR count). The summed E-state index contributed by atoms with van der Waals surface area (Å²) < 4.78 is 0. The molecule has 1 amide bonds. The van der Waals surface area contributed by atoms with E-state index in [0.29, 0.717) is 17.9 Å². The van der Waals surface area contributed by atoms with Crippen molar-refractivity contribution >= 4 is 22.6 Å². The predicted molar refractivity (Wildman–Crippen MR) is 81.7 cm³/mol. The second-order valence-electron chi connectivity index (χ2n) is 5.02. The van der Waals surface area contributed by atoms with Crippen molar-refractivity contribution in [3.63, 3.8) is 0 Å². The van der Waals surface area contributed by atoms with Gasteiger partial charge in [0.05, 0.1) is 11.1 Å². The largest absolute Gasteiger partial charge is 0.384 e. The predicted octanol–water partition coefficient (Wildman–Crippen LogP) is 1.50. The van der Waals surface area contributed by atoms with Crippen LogP contribution >= 0.6 is 0 Å². The number of nitrogens with zero attached hydrogens (tertiary/aromatic N) is 2. The SMILES string of the molecule is CN(C)CCCNC(=O)c1cc(N)nc2ccccc12. The fourth-order valence-electron chi connectivity index (χ4n) is 2.08. The summed E-state index contributed by atoms with van der Waals surface area (Å²) in [5, 5.41) is 3.75. The Bertz CT molecular complexity index is 610. The van der Waals surface area contributed by atoms with E-state index in [-0.39, 0.29) is 5.91 Å². The Kier molecular flexibility index (Phi) is 4.53. The van der Waals surface area contributed by atoms with Gasteiger partial charge in [0.15, 0.2) is 0 Å². The summed E-state index contributed by atoms with van der Waals surface area (Å²) in [5.41, 5.74) is 7.08. The van der Waals surface area contributed by atoms with Gasteiger partial charge in [-0.15, -0.1) is 0 Å². The molecular formula is C15H20N4O. The molecule has 20 heavy (non-hydrogen) atoms. The molecule has 1 aromatic carbocycles. The minimum Gasteiger partial charge on any atom is -0.384 e. The topological polar surface area (TPSA) is 71.2 Å². The zero-order chi connectivity index (χ0) is 14.5. The van der Waals surface area contributed by atoms with Gasteiger partial charge in [0.1, 0.15) is 5.82 Å². The first-order valence-electron chi connectivity index (χ1n) is 6.66. The van der Waals surface area contributed by atoms with Crippen molar-refractivity contribution in [2.24, 2.45) is 0 Å². The number of carbonyl (C=O) groups is 1. The molecule has 0 saturated carbocycles. The summed E-state index contributed by atoms with van der Waals surface area (Å²) in [6.07, 6.45) is 0.914. The first-order chi connectivity index (χ1) is 9.58. The minimum absolute atomic E-state index is 0.103. The smallest absolute Gasteiger partial charge is 0.252 e. The van der Waals surface area contributed by atoms with Crippen molar-refractivity contribution in [1.29, 1.82) is 0 Å². The number of para-hydroxylation sites is 1. The summed E-state index contributed by atoms with van der Waals surface area (Å²) in [6, 6.07) is 9.14. The highest BCUT2D eigenvalue weighted by molar-refractivity contribution is 6.06. The minimum atomic E-state index is -0.103. The zero-order valence-electron chi connectivity index (χ0n) is 11.9. The summed E-state index contributed by atoms with van der Waals surface area (Å²) in [5.74, 6) is 0.260. The van der Waals surface area contributed by atoms with Crippen LogP contribution in [0.3, 0.4) is 0 Å².